The summed E-state index contributed by atoms with van der Waals surface area (Å²) in [6.07, 6.45) is 11.3. The minimum atomic E-state index is 0.363. The van der Waals surface area contributed by atoms with E-state index in [1.807, 2.05) is 7.11 Å². The molecule has 3 aliphatic carbocycles. The Hall–Kier alpha value is -1.86. The molecule has 3 aliphatic rings. The van der Waals surface area contributed by atoms with Gasteiger partial charge in [-0.2, -0.15) is 0 Å². The van der Waals surface area contributed by atoms with Gasteiger partial charge < -0.3 is 4.74 Å². The fourth-order valence-corrected chi connectivity index (χ4v) is 7.44. The van der Waals surface area contributed by atoms with Crippen LogP contribution in [-0.4, -0.2) is 13.2 Å². The lowest BCUT2D eigenvalue weighted by molar-refractivity contribution is 0.0525. The van der Waals surface area contributed by atoms with E-state index in [1.165, 1.54) is 72.9 Å². The molecular formula is C29H34O. The van der Waals surface area contributed by atoms with Crippen molar-refractivity contribution in [2.24, 2.45) is 11.8 Å². The molecule has 0 heterocycles. The molecule has 6 rings (SSSR count). The van der Waals surface area contributed by atoms with Crippen molar-refractivity contribution in [3.8, 4) is 0 Å². The van der Waals surface area contributed by atoms with Crippen molar-refractivity contribution in [2.75, 3.05) is 7.11 Å². The van der Waals surface area contributed by atoms with Crippen molar-refractivity contribution in [2.45, 2.75) is 76.2 Å². The van der Waals surface area contributed by atoms with Gasteiger partial charge in [-0.15, -0.1) is 0 Å². The molecule has 5 unspecified atom stereocenters. The van der Waals surface area contributed by atoms with Gasteiger partial charge in [0.15, 0.2) is 0 Å². The minimum Gasteiger partial charge on any atom is -0.381 e. The summed E-state index contributed by atoms with van der Waals surface area (Å²) in [6, 6.07) is 16.4. The molecule has 0 aromatic heterocycles. The largest absolute Gasteiger partial charge is 0.381 e. The fourth-order valence-electron chi connectivity index (χ4n) is 7.44. The molecule has 0 amide bonds. The predicted octanol–water partition coefficient (Wildman–Crippen LogP) is 7.88. The standard InChI is InChI=1S/C29H34O/c1-18-25(26-14-19-11-12-22(26)13-19)17-23-15-20-7-3-4-8-21(20)16-27(23)29(18)24-9-5-6-10-28(24)30-2/h3-4,7-8,15-17,19,22,24,26,28H,5-6,9-14H2,1-2H3. The average Bonchev–Trinajstić information content (AvgIpc) is 3.41. The van der Waals surface area contributed by atoms with Crippen molar-refractivity contribution in [1.82, 2.24) is 0 Å². The Balaban J connectivity index is 1.60. The summed E-state index contributed by atoms with van der Waals surface area (Å²) in [7, 11) is 1.93. The fraction of sp³-hybridized carbons (Fsp3) is 0.517. The Morgan fingerprint density at radius 2 is 1.60 bits per heavy atom. The monoisotopic (exact) mass is 398 g/mol. The summed E-state index contributed by atoms with van der Waals surface area (Å²) < 4.78 is 6.06. The highest BCUT2D eigenvalue weighted by atomic mass is 16.5. The zero-order valence-electron chi connectivity index (χ0n) is 18.5. The second kappa shape index (κ2) is 7.38. The zero-order valence-corrected chi connectivity index (χ0v) is 18.5. The number of rotatable bonds is 3. The molecule has 3 aromatic rings. The van der Waals surface area contributed by atoms with Gasteiger partial charge in [-0.25, -0.2) is 0 Å². The summed E-state index contributed by atoms with van der Waals surface area (Å²) in [6.45, 7) is 2.44. The molecule has 0 radical (unpaired) electrons. The molecule has 3 aromatic carbocycles. The maximum absolute atomic E-state index is 6.06. The van der Waals surface area contributed by atoms with E-state index in [1.54, 1.807) is 16.7 Å². The van der Waals surface area contributed by atoms with Gasteiger partial charge in [0, 0.05) is 13.0 Å². The van der Waals surface area contributed by atoms with E-state index in [-0.39, 0.29) is 0 Å². The van der Waals surface area contributed by atoms with Crippen LogP contribution in [0.2, 0.25) is 0 Å². The summed E-state index contributed by atoms with van der Waals surface area (Å²) >= 11 is 0. The van der Waals surface area contributed by atoms with Crippen LogP contribution in [0, 0.1) is 18.8 Å². The van der Waals surface area contributed by atoms with Gasteiger partial charge in [0.2, 0.25) is 0 Å². The van der Waals surface area contributed by atoms with E-state index in [4.69, 9.17) is 4.74 Å². The highest BCUT2D eigenvalue weighted by molar-refractivity contribution is 6.00. The first-order valence-corrected chi connectivity index (χ1v) is 12.2. The Kier molecular flexibility index (Phi) is 4.64. The van der Waals surface area contributed by atoms with E-state index in [0.29, 0.717) is 12.0 Å². The van der Waals surface area contributed by atoms with Crippen LogP contribution in [-0.2, 0) is 4.74 Å². The van der Waals surface area contributed by atoms with Crippen LogP contribution >= 0.6 is 0 Å². The first kappa shape index (κ1) is 18.9. The lowest BCUT2D eigenvalue weighted by atomic mass is 9.73. The minimum absolute atomic E-state index is 0.363. The van der Waals surface area contributed by atoms with Gasteiger partial charge in [-0.1, -0.05) is 49.6 Å². The van der Waals surface area contributed by atoms with Crippen LogP contribution < -0.4 is 0 Å². The van der Waals surface area contributed by atoms with E-state index in [2.05, 4.69) is 49.4 Å². The second-order valence-electron chi connectivity index (χ2n) is 10.4. The molecule has 0 aliphatic heterocycles. The predicted molar refractivity (Wildman–Crippen MR) is 126 cm³/mol. The van der Waals surface area contributed by atoms with E-state index in [0.717, 1.165) is 17.8 Å². The Bertz CT molecular complexity index is 1100. The molecule has 5 atom stereocenters. The topological polar surface area (TPSA) is 9.23 Å². The maximum Gasteiger partial charge on any atom is 0.0640 e. The number of hydrogen-bond acceptors (Lipinski definition) is 1. The maximum atomic E-state index is 6.06. The first-order chi connectivity index (χ1) is 14.7. The van der Waals surface area contributed by atoms with Gasteiger partial charge in [-0.05, 0) is 107 Å². The second-order valence-corrected chi connectivity index (χ2v) is 10.4. The molecule has 0 saturated heterocycles. The highest BCUT2D eigenvalue weighted by Crippen LogP contribution is 2.55. The SMILES string of the molecule is COC1CCCCC1c1c(C)c(C2CC3CCC2C3)cc2cc3ccccc3cc12. The number of ether oxygens (including phenoxy) is 1. The summed E-state index contributed by atoms with van der Waals surface area (Å²) in [5.41, 5.74) is 4.87. The summed E-state index contributed by atoms with van der Waals surface area (Å²) in [5.74, 6) is 3.22. The molecule has 2 bridgehead atoms. The Morgan fingerprint density at radius 1 is 0.800 bits per heavy atom. The van der Waals surface area contributed by atoms with Crippen LogP contribution in [0.25, 0.3) is 21.5 Å². The quantitative estimate of drug-likeness (QED) is 0.408. The van der Waals surface area contributed by atoms with Crippen LogP contribution in [0.4, 0.5) is 0 Å². The van der Waals surface area contributed by atoms with Crippen LogP contribution in [0.15, 0.2) is 42.5 Å². The number of benzene rings is 3. The lowest BCUT2D eigenvalue weighted by Gasteiger charge is -2.34. The van der Waals surface area contributed by atoms with Crippen molar-refractivity contribution >= 4 is 21.5 Å². The molecule has 30 heavy (non-hydrogen) atoms. The zero-order chi connectivity index (χ0) is 20.2. The van der Waals surface area contributed by atoms with E-state index < -0.39 is 0 Å². The number of hydrogen-bond donors (Lipinski definition) is 0. The number of methoxy groups -OCH3 is 1. The molecule has 1 heteroatoms. The third kappa shape index (κ3) is 2.93. The Morgan fingerprint density at radius 3 is 2.33 bits per heavy atom. The molecule has 0 N–H and O–H groups in total. The van der Waals surface area contributed by atoms with Crippen LogP contribution in [0.1, 0.15) is 79.9 Å². The van der Waals surface area contributed by atoms with Crippen molar-refractivity contribution in [3.63, 3.8) is 0 Å². The van der Waals surface area contributed by atoms with Gasteiger partial charge in [0.05, 0.1) is 6.10 Å². The van der Waals surface area contributed by atoms with Crippen molar-refractivity contribution in [1.29, 1.82) is 0 Å². The lowest BCUT2D eigenvalue weighted by Crippen LogP contribution is -2.26. The summed E-state index contributed by atoms with van der Waals surface area (Å²) in [5, 5.41) is 5.66. The highest BCUT2D eigenvalue weighted by Gasteiger charge is 2.41. The van der Waals surface area contributed by atoms with Gasteiger partial charge in [-0.3, -0.25) is 0 Å². The summed E-state index contributed by atoms with van der Waals surface area (Å²) in [4.78, 5) is 0. The van der Waals surface area contributed by atoms with E-state index in [9.17, 15) is 0 Å². The van der Waals surface area contributed by atoms with Gasteiger partial charge in [0.25, 0.3) is 0 Å². The van der Waals surface area contributed by atoms with Crippen LogP contribution in [0.5, 0.6) is 0 Å². The third-order valence-corrected chi connectivity index (χ3v) is 8.87. The average molecular weight is 399 g/mol. The molecule has 1 nitrogen and oxygen atoms in total. The van der Waals surface area contributed by atoms with E-state index >= 15 is 0 Å². The molecule has 3 fully saturated rings. The van der Waals surface area contributed by atoms with Crippen molar-refractivity contribution in [3.05, 3.63) is 59.2 Å². The molecular weight excluding hydrogens is 364 g/mol. The first-order valence-electron chi connectivity index (χ1n) is 12.2. The number of fused-ring (bicyclic) bond motifs is 4. The molecule has 0 spiro atoms. The van der Waals surface area contributed by atoms with Crippen LogP contribution in [0.3, 0.4) is 0 Å². The van der Waals surface area contributed by atoms with Gasteiger partial charge in [0.1, 0.15) is 0 Å². The molecule has 3 saturated carbocycles. The molecule has 156 valence electrons. The normalized spacial score (nSPS) is 31.1. The smallest absolute Gasteiger partial charge is 0.0640 e. The Labute approximate surface area is 180 Å². The third-order valence-electron chi connectivity index (χ3n) is 8.87. The van der Waals surface area contributed by atoms with Gasteiger partial charge >= 0.3 is 0 Å². The van der Waals surface area contributed by atoms with Crippen molar-refractivity contribution < 1.29 is 4.74 Å².